The zero-order valence-electron chi connectivity index (χ0n) is 14.5. The molecule has 1 fully saturated rings. The highest BCUT2D eigenvalue weighted by molar-refractivity contribution is 6.30. The Kier molecular flexibility index (Phi) is 5.95. The van der Waals surface area contributed by atoms with Gasteiger partial charge in [-0.25, -0.2) is 0 Å². The predicted octanol–water partition coefficient (Wildman–Crippen LogP) is 3.70. The largest absolute Gasteiger partial charge is 0.494 e. The molecule has 0 aromatic heterocycles. The molecule has 0 unspecified atom stereocenters. The number of nitrogens with zero attached hydrogens (tertiary/aromatic N) is 2. The number of carbonyl (C=O) groups excluding carboxylic acids is 1. The molecule has 0 bridgehead atoms. The molecule has 1 amide bonds. The van der Waals surface area contributed by atoms with Crippen molar-refractivity contribution < 1.29 is 9.53 Å². The summed E-state index contributed by atoms with van der Waals surface area (Å²) < 4.78 is 5.49. The summed E-state index contributed by atoms with van der Waals surface area (Å²) in [6.07, 6.45) is 0. The van der Waals surface area contributed by atoms with Crippen LogP contribution in [0.5, 0.6) is 5.75 Å². The maximum Gasteiger partial charge on any atom is 0.254 e. The van der Waals surface area contributed by atoms with Crippen LogP contribution in [0.15, 0.2) is 48.5 Å². The van der Waals surface area contributed by atoms with Gasteiger partial charge in [-0.05, 0) is 42.8 Å². The molecule has 0 atom stereocenters. The first-order valence-corrected chi connectivity index (χ1v) is 9.02. The van der Waals surface area contributed by atoms with Crippen molar-refractivity contribution in [2.24, 2.45) is 0 Å². The van der Waals surface area contributed by atoms with E-state index in [4.69, 9.17) is 16.3 Å². The summed E-state index contributed by atoms with van der Waals surface area (Å²) in [6.45, 7) is 6.66. The van der Waals surface area contributed by atoms with Gasteiger partial charge in [0, 0.05) is 43.3 Å². The van der Waals surface area contributed by atoms with E-state index in [9.17, 15) is 4.79 Å². The normalized spacial score (nSPS) is 15.2. The van der Waals surface area contributed by atoms with Crippen molar-refractivity contribution in [2.45, 2.75) is 13.5 Å². The van der Waals surface area contributed by atoms with Crippen LogP contribution in [0.25, 0.3) is 0 Å². The molecule has 4 nitrogen and oxygen atoms in total. The molecule has 3 rings (SSSR count). The number of ether oxygens (including phenoxy) is 1. The average Bonchev–Trinajstić information content (AvgIpc) is 2.64. The first-order valence-electron chi connectivity index (χ1n) is 8.64. The van der Waals surface area contributed by atoms with Crippen LogP contribution < -0.4 is 4.74 Å². The molecule has 1 saturated heterocycles. The lowest BCUT2D eigenvalue weighted by Crippen LogP contribution is -2.48. The van der Waals surface area contributed by atoms with E-state index in [-0.39, 0.29) is 5.91 Å². The van der Waals surface area contributed by atoms with Gasteiger partial charge in [0.1, 0.15) is 5.75 Å². The lowest BCUT2D eigenvalue weighted by molar-refractivity contribution is 0.0628. The van der Waals surface area contributed by atoms with Crippen LogP contribution in [0.2, 0.25) is 5.02 Å². The molecule has 132 valence electrons. The van der Waals surface area contributed by atoms with Gasteiger partial charge in [-0.3, -0.25) is 9.69 Å². The molecule has 0 spiro atoms. The lowest BCUT2D eigenvalue weighted by atomic mass is 10.1. The number of hydrogen-bond donors (Lipinski definition) is 0. The summed E-state index contributed by atoms with van der Waals surface area (Å²) in [4.78, 5) is 17.0. The molecule has 5 heteroatoms. The Morgan fingerprint density at radius 1 is 1.08 bits per heavy atom. The minimum atomic E-state index is 0.0766. The zero-order valence-corrected chi connectivity index (χ0v) is 15.2. The molecule has 1 heterocycles. The fourth-order valence-electron chi connectivity index (χ4n) is 3.03. The van der Waals surface area contributed by atoms with Gasteiger partial charge in [0.05, 0.1) is 6.61 Å². The molecule has 2 aromatic carbocycles. The molecular weight excluding hydrogens is 336 g/mol. The van der Waals surface area contributed by atoms with Crippen molar-refractivity contribution in [3.63, 3.8) is 0 Å². The number of hydrogen-bond acceptors (Lipinski definition) is 3. The molecule has 0 saturated carbocycles. The van der Waals surface area contributed by atoms with Crippen LogP contribution in [-0.4, -0.2) is 48.5 Å². The Balaban J connectivity index is 1.55. The Morgan fingerprint density at radius 2 is 1.80 bits per heavy atom. The van der Waals surface area contributed by atoms with Gasteiger partial charge in [-0.15, -0.1) is 0 Å². The van der Waals surface area contributed by atoms with Crippen molar-refractivity contribution in [3.8, 4) is 5.75 Å². The van der Waals surface area contributed by atoms with Gasteiger partial charge in [0.2, 0.25) is 0 Å². The van der Waals surface area contributed by atoms with Crippen LogP contribution >= 0.6 is 11.6 Å². The maximum absolute atomic E-state index is 12.7. The highest BCUT2D eigenvalue weighted by Gasteiger charge is 2.22. The number of rotatable bonds is 5. The minimum absolute atomic E-state index is 0.0766. The number of benzene rings is 2. The second-order valence-electron chi connectivity index (χ2n) is 6.16. The van der Waals surface area contributed by atoms with Crippen molar-refractivity contribution in [1.82, 2.24) is 9.80 Å². The number of amides is 1. The van der Waals surface area contributed by atoms with Gasteiger partial charge in [-0.1, -0.05) is 29.8 Å². The fourth-order valence-corrected chi connectivity index (χ4v) is 3.15. The molecule has 25 heavy (non-hydrogen) atoms. The summed E-state index contributed by atoms with van der Waals surface area (Å²) in [6, 6.07) is 15.4. The third-order valence-electron chi connectivity index (χ3n) is 4.37. The van der Waals surface area contributed by atoms with E-state index in [1.165, 1.54) is 5.56 Å². The molecule has 1 aliphatic rings. The average molecular weight is 359 g/mol. The Hall–Kier alpha value is -2.04. The summed E-state index contributed by atoms with van der Waals surface area (Å²) >= 11 is 5.93. The van der Waals surface area contributed by atoms with E-state index in [2.05, 4.69) is 17.0 Å². The highest BCUT2D eigenvalue weighted by atomic mass is 35.5. The van der Waals surface area contributed by atoms with E-state index in [1.54, 1.807) is 0 Å². The van der Waals surface area contributed by atoms with E-state index in [0.717, 1.165) is 43.5 Å². The standard InChI is InChI=1S/C20H23ClN2O2/c1-2-25-19-5-3-4-17(14-19)20(24)23-12-10-22(11-13-23)15-16-6-8-18(21)9-7-16/h3-9,14H,2,10-13,15H2,1H3. The second-order valence-corrected chi connectivity index (χ2v) is 6.59. The third-order valence-corrected chi connectivity index (χ3v) is 4.62. The Morgan fingerprint density at radius 3 is 2.48 bits per heavy atom. The smallest absolute Gasteiger partial charge is 0.254 e. The summed E-state index contributed by atoms with van der Waals surface area (Å²) in [5, 5.41) is 0.758. The van der Waals surface area contributed by atoms with Crippen LogP contribution in [0, 0.1) is 0 Å². The molecule has 1 aliphatic heterocycles. The molecule has 0 radical (unpaired) electrons. The molecule has 2 aromatic rings. The van der Waals surface area contributed by atoms with Crippen LogP contribution in [0.4, 0.5) is 0 Å². The van der Waals surface area contributed by atoms with E-state index in [1.807, 2.05) is 48.2 Å². The van der Waals surface area contributed by atoms with E-state index in [0.29, 0.717) is 12.2 Å². The Bertz CT molecular complexity index is 710. The second kappa shape index (κ2) is 8.37. The van der Waals surface area contributed by atoms with Crippen molar-refractivity contribution in [2.75, 3.05) is 32.8 Å². The van der Waals surface area contributed by atoms with Gasteiger partial charge < -0.3 is 9.64 Å². The number of halogens is 1. The van der Waals surface area contributed by atoms with Crippen molar-refractivity contribution >= 4 is 17.5 Å². The monoisotopic (exact) mass is 358 g/mol. The van der Waals surface area contributed by atoms with Crippen LogP contribution in [0.3, 0.4) is 0 Å². The topological polar surface area (TPSA) is 32.8 Å². The van der Waals surface area contributed by atoms with Gasteiger partial charge >= 0.3 is 0 Å². The minimum Gasteiger partial charge on any atom is -0.494 e. The predicted molar refractivity (Wildman–Crippen MR) is 100 cm³/mol. The first-order chi connectivity index (χ1) is 12.2. The SMILES string of the molecule is CCOc1cccc(C(=O)N2CCN(Cc3ccc(Cl)cc3)CC2)c1. The number of carbonyl (C=O) groups is 1. The quantitative estimate of drug-likeness (QED) is 0.817. The van der Waals surface area contributed by atoms with Gasteiger partial charge in [-0.2, -0.15) is 0 Å². The molecular formula is C20H23ClN2O2. The van der Waals surface area contributed by atoms with E-state index < -0.39 is 0 Å². The van der Waals surface area contributed by atoms with Crippen LogP contribution in [0.1, 0.15) is 22.8 Å². The fraction of sp³-hybridized carbons (Fsp3) is 0.350. The number of piperazine rings is 1. The van der Waals surface area contributed by atoms with Gasteiger partial charge in [0.15, 0.2) is 0 Å². The first kappa shape index (κ1) is 17.8. The summed E-state index contributed by atoms with van der Waals surface area (Å²) in [5.74, 6) is 0.822. The third kappa shape index (κ3) is 4.74. The lowest BCUT2D eigenvalue weighted by Gasteiger charge is -2.34. The van der Waals surface area contributed by atoms with Crippen LogP contribution in [-0.2, 0) is 6.54 Å². The zero-order chi connectivity index (χ0) is 17.6. The molecule has 0 aliphatic carbocycles. The van der Waals surface area contributed by atoms with Gasteiger partial charge in [0.25, 0.3) is 5.91 Å². The van der Waals surface area contributed by atoms with Crippen molar-refractivity contribution in [3.05, 3.63) is 64.7 Å². The van der Waals surface area contributed by atoms with E-state index >= 15 is 0 Å². The summed E-state index contributed by atoms with van der Waals surface area (Å²) in [7, 11) is 0. The highest BCUT2D eigenvalue weighted by Crippen LogP contribution is 2.17. The Labute approximate surface area is 154 Å². The maximum atomic E-state index is 12.7. The van der Waals surface area contributed by atoms with Crippen molar-refractivity contribution in [1.29, 1.82) is 0 Å². The molecule has 0 N–H and O–H groups in total. The summed E-state index contributed by atoms with van der Waals surface area (Å²) in [5.41, 5.74) is 1.94.